The fourth-order valence-electron chi connectivity index (χ4n) is 5.14. The van der Waals surface area contributed by atoms with Crippen LogP contribution < -0.4 is 10.1 Å². The first-order valence-corrected chi connectivity index (χ1v) is 14.2. The molecule has 40 heavy (non-hydrogen) atoms. The molecule has 1 aliphatic rings. The second-order valence-corrected chi connectivity index (χ2v) is 10.9. The Balaban J connectivity index is 1.36. The number of rotatable bonds is 6. The van der Waals surface area contributed by atoms with E-state index in [-0.39, 0.29) is 12.4 Å². The molecule has 1 fully saturated rings. The van der Waals surface area contributed by atoms with Gasteiger partial charge < -0.3 is 19.9 Å². The molecule has 5 aromatic carbocycles. The molecule has 2 N–H and O–H groups in total. The van der Waals surface area contributed by atoms with E-state index < -0.39 is 17.6 Å². The Morgan fingerprint density at radius 1 is 0.800 bits per heavy atom. The fourth-order valence-corrected chi connectivity index (χ4v) is 6.46. The average molecular weight is 550 g/mol. The van der Waals surface area contributed by atoms with Crippen LogP contribution in [0.25, 0.3) is 32.7 Å². The minimum absolute atomic E-state index is 0.0844. The number of esters is 1. The topological polar surface area (TPSA) is 84.9 Å². The number of fused-ring (bicyclic) bond motifs is 2. The lowest BCUT2D eigenvalue weighted by atomic mass is 9.92. The van der Waals surface area contributed by atoms with Crippen molar-refractivity contribution in [1.29, 1.82) is 0 Å². The Hall–Kier alpha value is -4.49. The number of hydrogen-bond donors (Lipinski definition) is 2. The van der Waals surface area contributed by atoms with Crippen molar-refractivity contribution in [2.75, 3.05) is 11.5 Å². The number of thioether (sulfide) groups is 1. The van der Waals surface area contributed by atoms with Crippen LogP contribution in [-0.4, -0.2) is 34.2 Å². The summed E-state index contributed by atoms with van der Waals surface area (Å²) in [5, 5.41) is 17.5. The normalized spacial score (nSPS) is 16.6. The highest BCUT2D eigenvalue weighted by Crippen LogP contribution is 2.45. The highest BCUT2D eigenvalue weighted by molar-refractivity contribution is 7.99. The van der Waals surface area contributed by atoms with Crippen LogP contribution in [0, 0.1) is 0 Å². The summed E-state index contributed by atoms with van der Waals surface area (Å²) in [4.78, 5) is 26.7. The van der Waals surface area contributed by atoms with Gasteiger partial charge in [0.25, 0.3) is 0 Å². The Morgan fingerprint density at radius 2 is 1.45 bits per heavy atom. The smallest absolute Gasteiger partial charge is 0.408 e. The standard InChI is InChI=1S/C33H27NO5S/c35-27-16-14-23-10-4-6-12-25(23)29(27)30-26-13-7-5-11-24(26)15-17-28(30)39-31(36)33(18-19-40-21-33)34-32(37)38-20-22-8-2-1-3-9-22/h1-17,35H,18-21H2,(H,34,37)/t33-/m0/s1. The SMILES string of the molecule is O=C(N[C@@]1(C(=O)Oc2ccc3ccccc3c2-c2c(O)ccc3ccccc23)CCSC1)OCc1ccccc1. The molecule has 1 aliphatic heterocycles. The van der Waals surface area contributed by atoms with Gasteiger partial charge in [0.05, 0.1) is 0 Å². The first-order valence-electron chi connectivity index (χ1n) is 13.1. The van der Waals surface area contributed by atoms with Crippen LogP contribution in [0.5, 0.6) is 11.5 Å². The van der Waals surface area contributed by atoms with Gasteiger partial charge in [-0.15, -0.1) is 0 Å². The largest absolute Gasteiger partial charge is 0.507 e. The number of nitrogens with one attached hydrogen (secondary N) is 1. The van der Waals surface area contributed by atoms with Crippen molar-refractivity contribution < 1.29 is 24.2 Å². The Bertz CT molecular complexity index is 1710. The van der Waals surface area contributed by atoms with Gasteiger partial charge in [0, 0.05) is 16.9 Å². The molecule has 6 nitrogen and oxygen atoms in total. The van der Waals surface area contributed by atoms with E-state index in [1.165, 1.54) is 0 Å². The number of alkyl carbamates (subject to hydrolysis) is 1. The molecule has 0 aliphatic carbocycles. The van der Waals surface area contributed by atoms with Gasteiger partial charge in [-0.3, -0.25) is 0 Å². The third-order valence-corrected chi connectivity index (χ3v) is 8.41. The van der Waals surface area contributed by atoms with E-state index >= 15 is 0 Å². The van der Waals surface area contributed by atoms with Gasteiger partial charge in [0.1, 0.15) is 18.1 Å². The van der Waals surface area contributed by atoms with E-state index in [0.29, 0.717) is 34.8 Å². The zero-order valence-electron chi connectivity index (χ0n) is 21.6. The molecule has 0 spiro atoms. The summed E-state index contributed by atoms with van der Waals surface area (Å²) in [6.07, 6.45) is -0.256. The third kappa shape index (κ3) is 4.96. The number of aromatic hydroxyl groups is 1. The second kappa shape index (κ2) is 10.9. The van der Waals surface area contributed by atoms with Gasteiger partial charge in [-0.1, -0.05) is 91.0 Å². The maximum absolute atomic E-state index is 13.8. The summed E-state index contributed by atoms with van der Waals surface area (Å²) >= 11 is 1.57. The molecule has 0 bridgehead atoms. The molecule has 0 unspecified atom stereocenters. The van der Waals surface area contributed by atoms with E-state index in [4.69, 9.17) is 9.47 Å². The molecular formula is C33H27NO5S. The predicted octanol–water partition coefficient (Wildman–Crippen LogP) is 7.07. The van der Waals surface area contributed by atoms with Gasteiger partial charge in [0.15, 0.2) is 5.54 Å². The number of carbonyl (C=O) groups excluding carboxylic acids is 2. The zero-order valence-corrected chi connectivity index (χ0v) is 22.4. The van der Waals surface area contributed by atoms with Crippen LogP contribution in [0.15, 0.2) is 103 Å². The molecule has 200 valence electrons. The van der Waals surface area contributed by atoms with Crippen LogP contribution in [0.4, 0.5) is 4.79 Å². The lowest BCUT2D eigenvalue weighted by molar-refractivity contribution is -0.140. The summed E-state index contributed by atoms with van der Waals surface area (Å²) in [5.74, 6) is 0.898. The van der Waals surface area contributed by atoms with Gasteiger partial charge in [0.2, 0.25) is 0 Å². The highest BCUT2D eigenvalue weighted by atomic mass is 32.2. The van der Waals surface area contributed by atoms with Crippen molar-refractivity contribution in [3.8, 4) is 22.6 Å². The fraction of sp³-hybridized carbons (Fsp3) is 0.152. The molecule has 1 amide bonds. The molecule has 1 atom stereocenters. The lowest BCUT2D eigenvalue weighted by Crippen LogP contribution is -2.56. The summed E-state index contributed by atoms with van der Waals surface area (Å²) in [6, 6.07) is 32.1. The van der Waals surface area contributed by atoms with E-state index in [9.17, 15) is 14.7 Å². The Kier molecular flexibility index (Phi) is 7.05. The quantitative estimate of drug-likeness (QED) is 0.174. The predicted molar refractivity (Wildman–Crippen MR) is 159 cm³/mol. The van der Waals surface area contributed by atoms with Crippen molar-refractivity contribution in [1.82, 2.24) is 5.32 Å². The molecule has 0 radical (unpaired) electrons. The monoisotopic (exact) mass is 549 g/mol. The Morgan fingerprint density at radius 3 is 2.15 bits per heavy atom. The van der Waals surface area contributed by atoms with Gasteiger partial charge in [-0.05, 0) is 51.4 Å². The molecule has 0 aromatic heterocycles. The summed E-state index contributed by atoms with van der Waals surface area (Å²) in [6.45, 7) is 0.0973. The number of phenolic OH excluding ortho intramolecular Hbond substituents is 1. The minimum Gasteiger partial charge on any atom is -0.507 e. The van der Waals surface area contributed by atoms with Crippen LogP contribution in [-0.2, 0) is 16.1 Å². The second-order valence-electron chi connectivity index (χ2n) is 9.80. The van der Waals surface area contributed by atoms with E-state index in [1.807, 2.05) is 91.0 Å². The van der Waals surface area contributed by atoms with Gasteiger partial charge in [-0.2, -0.15) is 11.8 Å². The van der Waals surface area contributed by atoms with Crippen LogP contribution in [0.2, 0.25) is 0 Å². The number of hydrogen-bond acceptors (Lipinski definition) is 6. The maximum atomic E-state index is 13.8. The van der Waals surface area contributed by atoms with Crippen molar-refractivity contribution in [3.63, 3.8) is 0 Å². The van der Waals surface area contributed by atoms with Crippen molar-refractivity contribution in [2.24, 2.45) is 0 Å². The van der Waals surface area contributed by atoms with Crippen molar-refractivity contribution in [2.45, 2.75) is 18.6 Å². The minimum atomic E-state index is -1.23. The van der Waals surface area contributed by atoms with E-state index in [2.05, 4.69) is 5.32 Å². The van der Waals surface area contributed by atoms with Crippen molar-refractivity contribution in [3.05, 3.63) is 109 Å². The number of ether oxygens (including phenoxy) is 2. The van der Waals surface area contributed by atoms with Gasteiger partial charge in [-0.25, -0.2) is 9.59 Å². The average Bonchev–Trinajstić information content (AvgIpc) is 3.46. The molecular weight excluding hydrogens is 522 g/mol. The molecule has 1 heterocycles. The van der Waals surface area contributed by atoms with Crippen LogP contribution >= 0.6 is 11.8 Å². The van der Waals surface area contributed by atoms with E-state index in [0.717, 1.165) is 27.1 Å². The third-order valence-electron chi connectivity index (χ3n) is 7.22. The molecule has 6 rings (SSSR count). The molecule has 0 saturated carbocycles. The van der Waals surface area contributed by atoms with E-state index in [1.54, 1.807) is 23.9 Å². The number of benzene rings is 5. The van der Waals surface area contributed by atoms with Crippen molar-refractivity contribution >= 4 is 45.4 Å². The summed E-state index contributed by atoms with van der Waals surface area (Å²) in [5.41, 5.74) is 0.823. The number of carbonyl (C=O) groups is 2. The first kappa shape index (κ1) is 25.8. The van der Waals surface area contributed by atoms with Crippen LogP contribution in [0.1, 0.15) is 12.0 Å². The zero-order chi connectivity index (χ0) is 27.5. The Labute approximate surface area is 235 Å². The lowest BCUT2D eigenvalue weighted by Gasteiger charge is -2.27. The number of phenols is 1. The molecule has 1 saturated heterocycles. The summed E-state index contributed by atoms with van der Waals surface area (Å²) < 4.78 is 11.6. The van der Waals surface area contributed by atoms with Gasteiger partial charge >= 0.3 is 12.1 Å². The first-order chi connectivity index (χ1) is 19.5. The number of amides is 1. The summed E-state index contributed by atoms with van der Waals surface area (Å²) in [7, 11) is 0. The maximum Gasteiger partial charge on any atom is 0.408 e. The molecule has 7 heteroatoms. The highest BCUT2D eigenvalue weighted by Gasteiger charge is 2.45. The van der Waals surface area contributed by atoms with Crippen LogP contribution in [0.3, 0.4) is 0 Å². The molecule has 5 aromatic rings.